The number of carbonyl (C=O) groups is 3. The van der Waals surface area contributed by atoms with E-state index >= 15 is 0 Å². The summed E-state index contributed by atoms with van der Waals surface area (Å²) in [6.45, 7) is 8.16. The smallest absolute Gasteiger partial charge is 0.313 e. The van der Waals surface area contributed by atoms with Crippen molar-refractivity contribution in [2.45, 2.75) is 89.1 Å². The number of carbonyl (C=O) groups excluding carboxylic acids is 3. The molecule has 2 fully saturated rings. The van der Waals surface area contributed by atoms with Crippen LogP contribution >= 0.6 is 0 Å². The number of hydrogen-bond acceptors (Lipinski definition) is 6. The highest BCUT2D eigenvalue weighted by molar-refractivity contribution is 5.99. The molecule has 2 unspecified atom stereocenters. The standard InChI is InChI=1S/C26H38N2O6/c1-5-11-17(3)27-14-10-13-26-19(22(30)28(18(4)16-29)21(26)23(27)31)20-24(32)33-15-9-7-8-12-25(20,6-2)34-26/h8,10,12-13,17-21,29H,5-7,9,11,14-16H2,1-4H3/b12-8-/t17?,18-,19+,20+,21?,25-,26+/m1/s1. The van der Waals surface area contributed by atoms with E-state index in [1.165, 1.54) is 4.90 Å². The first-order chi connectivity index (χ1) is 16.3. The Morgan fingerprint density at radius 3 is 2.53 bits per heavy atom. The SMILES string of the molecule is CCCC(C)N1CC=C[C@]23O[C@]4(CC)/C=C\CCCOC(=O)[C@@H]4[C@H]2C(=O)N([C@H](C)CO)C3C1=O. The summed E-state index contributed by atoms with van der Waals surface area (Å²) in [5.41, 5.74) is -2.34. The number of allylic oxidation sites excluding steroid dienone is 1. The van der Waals surface area contributed by atoms with Crippen molar-refractivity contribution in [1.29, 1.82) is 0 Å². The van der Waals surface area contributed by atoms with Crippen molar-refractivity contribution >= 4 is 17.8 Å². The zero-order valence-electron chi connectivity index (χ0n) is 20.7. The molecule has 0 radical (unpaired) electrons. The van der Waals surface area contributed by atoms with Crippen molar-refractivity contribution in [3.8, 4) is 0 Å². The van der Waals surface area contributed by atoms with Gasteiger partial charge in [-0.1, -0.05) is 44.6 Å². The van der Waals surface area contributed by atoms with Gasteiger partial charge in [0.2, 0.25) is 11.8 Å². The molecule has 2 saturated heterocycles. The average molecular weight is 475 g/mol. The van der Waals surface area contributed by atoms with E-state index in [1.807, 2.05) is 38.2 Å². The number of aliphatic hydroxyl groups excluding tert-OH is 1. The predicted molar refractivity (Wildman–Crippen MR) is 126 cm³/mol. The molecular weight excluding hydrogens is 436 g/mol. The molecular formula is C26H38N2O6. The van der Waals surface area contributed by atoms with Crippen LogP contribution in [0, 0.1) is 11.8 Å². The summed E-state index contributed by atoms with van der Waals surface area (Å²) in [7, 11) is 0. The van der Waals surface area contributed by atoms with Gasteiger partial charge in [0.25, 0.3) is 0 Å². The monoisotopic (exact) mass is 474 g/mol. The van der Waals surface area contributed by atoms with Gasteiger partial charge in [0.15, 0.2) is 0 Å². The first-order valence-corrected chi connectivity index (χ1v) is 12.7. The van der Waals surface area contributed by atoms with Crippen molar-refractivity contribution in [2.75, 3.05) is 19.8 Å². The lowest BCUT2D eigenvalue weighted by Crippen LogP contribution is -2.59. The van der Waals surface area contributed by atoms with Gasteiger partial charge in [-0.2, -0.15) is 0 Å². The van der Waals surface area contributed by atoms with Crippen LogP contribution in [0.3, 0.4) is 0 Å². The Labute approximate surface area is 201 Å². The molecule has 0 aromatic carbocycles. The number of fused-ring (bicyclic) bond motifs is 2. The van der Waals surface area contributed by atoms with Gasteiger partial charge in [-0.15, -0.1) is 0 Å². The lowest BCUT2D eigenvalue weighted by Gasteiger charge is -2.41. The molecule has 2 amide bonds. The third-order valence-corrected chi connectivity index (χ3v) is 8.08. The van der Waals surface area contributed by atoms with E-state index in [2.05, 4.69) is 6.92 Å². The van der Waals surface area contributed by atoms with Crippen molar-refractivity contribution in [1.82, 2.24) is 9.80 Å². The highest BCUT2D eigenvalue weighted by atomic mass is 16.6. The van der Waals surface area contributed by atoms with Gasteiger partial charge >= 0.3 is 5.97 Å². The Hall–Kier alpha value is -2.19. The van der Waals surface area contributed by atoms with Crippen LogP contribution in [0.4, 0.5) is 0 Å². The second kappa shape index (κ2) is 9.46. The van der Waals surface area contributed by atoms with Crippen molar-refractivity contribution in [2.24, 2.45) is 11.8 Å². The fraction of sp³-hybridized carbons (Fsp3) is 0.731. The molecule has 4 aliphatic rings. The van der Waals surface area contributed by atoms with Gasteiger partial charge in [0.1, 0.15) is 23.2 Å². The molecule has 7 atom stereocenters. The number of nitrogens with zero attached hydrogens (tertiary/aromatic N) is 2. The van der Waals surface area contributed by atoms with E-state index in [-0.39, 0.29) is 31.1 Å². The Kier molecular flexibility index (Phi) is 6.93. The lowest BCUT2D eigenvalue weighted by atomic mass is 9.73. The van der Waals surface area contributed by atoms with E-state index in [1.54, 1.807) is 11.8 Å². The fourth-order valence-electron chi connectivity index (χ4n) is 6.36. The Balaban J connectivity index is 1.89. The van der Waals surface area contributed by atoms with Gasteiger partial charge in [-0.3, -0.25) is 14.4 Å². The summed E-state index contributed by atoms with van der Waals surface area (Å²) >= 11 is 0. The number of hydrogen-bond donors (Lipinski definition) is 1. The molecule has 188 valence electrons. The third kappa shape index (κ3) is 3.61. The fourth-order valence-corrected chi connectivity index (χ4v) is 6.36. The number of amides is 2. The molecule has 0 aromatic rings. The molecule has 0 saturated carbocycles. The molecule has 1 spiro atoms. The molecule has 4 aliphatic heterocycles. The summed E-state index contributed by atoms with van der Waals surface area (Å²) in [4.78, 5) is 44.9. The van der Waals surface area contributed by atoms with Crippen LogP contribution in [0.25, 0.3) is 0 Å². The molecule has 0 bridgehead atoms. The van der Waals surface area contributed by atoms with Crippen molar-refractivity contribution in [3.05, 3.63) is 24.3 Å². The van der Waals surface area contributed by atoms with E-state index in [0.29, 0.717) is 19.4 Å². The first-order valence-electron chi connectivity index (χ1n) is 12.7. The van der Waals surface area contributed by atoms with Crippen LogP contribution in [-0.4, -0.2) is 81.8 Å². The van der Waals surface area contributed by atoms with Gasteiger partial charge in [0.05, 0.1) is 25.2 Å². The van der Waals surface area contributed by atoms with E-state index in [0.717, 1.165) is 19.3 Å². The number of cyclic esters (lactones) is 1. The van der Waals surface area contributed by atoms with Crippen LogP contribution in [0.2, 0.25) is 0 Å². The first kappa shape index (κ1) is 24.9. The molecule has 4 rings (SSSR count). The van der Waals surface area contributed by atoms with Crippen LogP contribution in [0.15, 0.2) is 24.3 Å². The van der Waals surface area contributed by atoms with E-state index in [9.17, 15) is 19.5 Å². The van der Waals surface area contributed by atoms with Gasteiger partial charge in [0, 0.05) is 12.6 Å². The molecule has 1 N–H and O–H groups in total. The number of aliphatic hydroxyl groups is 1. The summed E-state index contributed by atoms with van der Waals surface area (Å²) in [5, 5.41) is 10.0. The Morgan fingerprint density at radius 1 is 1.09 bits per heavy atom. The van der Waals surface area contributed by atoms with Gasteiger partial charge < -0.3 is 24.4 Å². The second-order valence-electron chi connectivity index (χ2n) is 10.1. The van der Waals surface area contributed by atoms with Crippen LogP contribution in [0.5, 0.6) is 0 Å². The normalized spacial score (nSPS) is 38.1. The number of rotatable bonds is 6. The molecule has 0 aliphatic carbocycles. The highest BCUT2D eigenvalue weighted by Crippen LogP contribution is 2.58. The van der Waals surface area contributed by atoms with Crippen LogP contribution in [0.1, 0.15) is 59.8 Å². The molecule has 4 heterocycles. The average Bonchev–Trinajstić information content (AvgIpc) is 3.20. The third-order valence-electron chi connectivity index (χ3n) is 8.08. The lowest BCUT2D eigenvalue weighted by molar-refractivity contribution is -0.163. The number of likely N-dealkylation sites (tertiary alicyclic amines) is 1. The van der Waals surface area contributed by atoms with Gasteiger partial charge in [-0.05, 0) is 39.5 Å². The quantitative estimate of drug-likeness (QED) is 0.468. The highest BCUT2D eigenvalue weighted by Gasteiger charge is 2.75. The minimum atomic E-state index is -1.30. The van der Waals surface area contributed by atoms with Crippen LogP contribution < -0.4 is 0 Å². The summed E-state index contributed by atoms with van der Waals surface area (Å²) < 4.78 is 12.5. The van der Waals surface area contributed by atoms with Crippen LogP contribution in [-0.2, 0) is 23.9 Å². The van der Waals surface area contributed by atoms with E-state index < -0.39 is 41.1 Å². The summed E-state index contributed by atoms with van der Waals surface area (Å²) in [6.07, 6.45) is 11.3. The summed E-state index contributed by atoms with van der Waals surface area (Å²) in [6, 6.07) is -1.56. The Morgan fingerprint density at radius 2 is 1.85 bits per heavy atom. The Bertz CT molecular complexity index is 887. The largest absolute Gasteiger partial charge is 0.465 e. The zero-order chi connectivity index (χ0) is 24.7. The van der Waals surface area contributed by atoms with Gasteiger partial charge in [-0.25, -0.2) is 0 Å². The summed E-state index contributed by atoms with van der Waals surface area (Å²) in [5.74, 6) is -2.75. The second-order valence-corrected chi connectivity index (χ2v) is 10.1. The maximum atomic E-state index is 14.1. The molecule has 8 nitrogen and oxygen atoms in total. The van der Waals surface area contributed by atoms with Crippen molar-refractivity contribution in [3.63, 3.8) is 0 Å². The minimum Gasteiger partial charge on any atom is -0.465 e. The number of esters is 1. The van der Waals surface area contributed by atoms with Crippen molar-refractivity contribution < 1.29 is 29.0 Å². The molecule has 8 heteroatoms. The van der Waals surface area contributed by atoms with E-state index in [4.69, 9.17) is 9.47 Å². The molecule has 34 heavy (non-hydrogen) atoms. The zero-order valence-corrected chi connectivity index (χ0v) is 20.7. The number of ether oxygens (including phenoxy) is 2. The predicted octanol–water partition coefficient (Wildman–Crippen LogP) is 2.21. The topological polar surface area (TPSA) is 96.4 Å². The maximum absolute atomic E-state index is 14.1. The minimum absolute atomic E-state index is 0.0127. The molecule has 0 aromatic heterocycles. The maximum Gasteiger partial charge on any atom is 0.313 e.